The summed E-state index contributed by atoms with van der Waals surface area (Å²) in [6.45, 7) is 3.80. The van der Waals surface area contributed by atoms with Gasteiger partial charge < -0.3 is 4.74 Å². The van der Waals surface area contributed by atoms with Gasteiger partial charge in [-0.2, -0.15) is 0 Å². The summed E-state index contributed by atoms with van der Waals surface area (Å²) in [5, 5.41) is 0. The highest BCUT2D eigenvalue weighted by molar-refractivity contribution is 7.89. The smallest absolute Gasteiger partial charge is 0.211 e. The molecule has 18 heavy (non-hydrogen) atoms. The summed E-state index contributed by atoms with van der Waals surface area (Å²) in [5.74, 6) is 0.453. The van der Waals surface area contributed by atoms with Gasteiger partial charge in [0.2, 0.25) is 10.0 Å². The van der Waals surface area contributed by atoms with Crippen LogP contribution >= 0.6 is 11.3 Å². The molecular formula is C11H18N2O3S2. The van der Waals surface area contributed by atoms with E-state index in [9.17, 15) is 8.42 Å². The molecule has 1 aromatic rings. The van der Waals surface area contributed by atoms with Gasteiger partial charge in [-0.25, -0.2) is 18.1 Å². The van der Waals surface area contributed by atoms with E-state index in [-0.39, 0.29) is 5.75 Å². The molecule has 0 spiro atoms. The number of ether oxygens (including phenoxy) is 1. The Morgan fingerprint density at radius 3 is 3.06 bits per heavy atom. The SMILES string of the molecule is Cc1ncsc1CCS(=O)(=O)NCC1CCOC1. The Morgan fingerprint density at radius 2 is 2.44 bits per heavy atom. The maximum atomic E-state index is 11.8. The number of nitrogens with one attached hydrogen (secondary N) is 1. The van der Waals surface area contributed by atoms with Crippen molar-refractivity contribution in [3.05, 3.63) is 16.1 Å². The quantitative estimate of drug-likeness (QED) is 0.847. The normalized spacial score (nSPS) is 20.4. The summed E-state index contributed by atoms with van der Waals surface area (Å²) in [6, 6.07) is 0. The van der Waals surface area contributed by atoms with Crippen molar-refractivity contribution in [3.8, 4) is 0 Å². The van der Waals surface area contributed by atoms with Crippen molar-refractivity contribution in [1.29, 1.82) is 0 Å². The highest BCUT2D eigenvalue weighted by atomic mass is 32.2. The molecule has 102 valence electrons. The maximum Gasteiger partial charge on any atom is 0.211 e. The molecule has 0 bridgehead atoms. The molecule has 0 aliphatic carbocycles. The van der Waals surface area contributed by atoms with Gasteiger partial charge in [0.15, 0.2) is 0 Å². The van der Waals surface area contributed by atoms with Crippen molar-refractivity contribution >= 4 is 21.4 Å². The van der Waals surface area contributed by atoms with Crippen LogP contribution in [-0.4, -0.2) is 38.9 Å². The first kappa shape index (κ1) is 13.9. The molecule has 1 unspecified atom stereocenters. The molecule has 2 heterocycles. The minimum atomic E-state index is -3.19. The van der Waals surface area contributed by atoms with Gasteiger partial charge in [0.25, 0.3) is 0 Å². The second kappa shape index (κ2) is 6.10. The third-order valence-corrected chi connectivity index (χ3v) is 5.40. The molecule has 0 aromatic carbocycles. The zero-order valence-electron chi connectivity index (χ0n) is 10.4. The fraction of sp³-hybridized carbons (Fsp3) is 0.727. The number of nitrogens with zero attached hydrogens (tertiary/aromatic N) is 1. The number of aromatic nitrogens is 1. The lowest BCUT2D eigenvalue weighted by Crippen LogP contribution is -2.32. The van der Waals surface area contributed by atoms with Gasteiger partial charge in [-0.1, -0.05) is 0 Å². The van der Waals surface area contributed by atoms with Crippen molar-refractivity contribution < 1.29 is 13.2 Å². The zero-order valence-corrected chi connectivity index (χ0v) is 12.0. The van der Waals surface area contributed by atoms with E-state index in [1.165, 1.54) is 11.3 Å². The Bertz CT molecular complexity index is 478. The van der Waals surface area contributed by atoms with Crippen LogP contribution < -0.4 is 4.72 Å². The van der Waals surface area contributed by atoms with E-state index in [0.29, 0.717) is 25.5 Å². The van der Waals surface area contributed by atoms with E-state index in [0.717, 1.165) is 23.6 Å². The van der Waals surface area contributed by atoms with E-state index in [1.54, 1.807) is 5.51 Å². The Kier molecular flexibility index (Phi) is 4.71. The molecule has 1 aliphatic heterocycles. The van der Waals surface area contributed by atoms with Gasteiger partial charge in [0.1, 0.15) is 0 Å². The Labute approximate surface area is 112 Å². The van der Waals surface area contributed by atoms with Gasteiger partial charge in [-0.05, 0) is 25.7 Å². The summed E-state index contributed by atoms with van der Waals surface area (Å²) in [5.41, 5.74) is 2.68. The van der Waals surface area contributed by atoms with E-state index in [1.807, 2.05) is 6.92 Å². The van der Waals surface area contributed by atoms with Crippen molar-refractivity contribution in [2.45, 2.75) is 19.8 Å². The van der Waals surface area contributed by atoms with Crippen molar-refractivity contribution in [2.75, 3.05) is 25.5 Å². The van der Waals surface area contributed by atoms with Crippen LogP contribution in [0.3, 0.4) is 0 Å². The second-order valence-electron chi connectivity index (χ2n) is 4.51. The lowest BCUT2D eigenvalue weighted by molar-refractivity contribution is 0.186. The second-order valence-corrected chi connectivity index (χ2v) is 7.37. The van der Waals surface area contributed by atoms with Crippen LogP contribution in [-0.2, 0) is 21.2 Å². The van der Waals surface area contributed by atoms with Gasteiger partial charge in [-0.15, -0.1) is 11.3 Å². The highest BCUT2D eigenvalue weighted by Crippen LogP contribution is 2.14. The number of hydrogen-bond acceptors (Lipinski definition) is 5. The summed E-state index contributed by atoms with van der Waals surface area (Å²) >= 11 is 1.51. The third kappa shape index (κ3) is 4.01. The van der Waals surface area contributed by atoms with Crippen LogP contribution in [0.15, 0.2) is 5.51 Å². The first-order valence-corrected chi connectivity index (χ1v) is 8.54. The molecule has 1 aliphatic rings. The first-order chi connectivity index (χ1) is 8.57. The minimum absolute atomic E-state index is 0.129. The van der Waals surface area contributed by atoms with Gasteiger partial charge >= 0.3 is 0 Å². The molecule has 0 radical (unpaired) electrons. The minimum Gasteiger partial charge on any atom is -0.381 e. The van der Waals surface area contributed by atoms with E-state index in [2.05, 4.69) is 9.71 Å². The van der Waals surface area contributed by atoms with Gasteiger partial charge in [0, 0.05) is 18.0 Å². The molecule has 2 rings (SSSR count). The highest BCUT2D eigenvalue weighted by Gasteiger charge is 2.19. The van der Waals surface area contributed by atoms with E-state index in [4.69, 9.17) is 4.74 Å². The third-order valence-electron chi connectivity index (χ3n) is 3.06. The summed E-state index contributed by atoms with van der Waals surface area (Å²) < 4.78 is 31.5. The molecule has 1 saturated heterocycles. The average molecular weight is 290 g/mol. The number of sulfonamides is 1. The summed E-state index contributed by atoms with van der Waals surface area (Å²) in [6.07, 6.45) is 1.48. The maximum absolute atomic E-state index is 11.8. The van der Waals surface area contributed by atoms with Gasteiger partial charge in [-0.3, -0.25) is 0 Å². The van der Waals surface area contributed by atoms with E-state index < -0.39 is 10.0 Å². The first-order valence-electron chi connectivity index (χ1n) is 6.01. The topological polar surface area (TPSA) is 68.3 Å². The Hall–Kier alpha value is -0.500. The summed E-state index contributed by atoms with van der Waals surface area (Å²) in [4.78, 5) is 5.16. The number of rotatable bonds is 6. The molecule has 0 saturated carbocycles. The number of thiazole rings is 1. The zero-order chi connectivity index (χ0) is 13.0. The fourth-order valence-corrected chi connectivity index (χ4v) is 3.87. The molecule has 1 atom stereocenters. The lowest BCUT2D eigenvalue weighted by Gasteiger charge is -2.09. The average Bonchev–Trinajstić information content (AvgIpc) is 2.95. The molecule has 1 N–H and O–H groups in total. The molecule has 5 nitrogen and oxygen atoms in total. The standard InChI is InChI=1S/C11H18N2O3S2/c1-9-11(17-8-12-9)3-5-18(14,15)13-6-10-2-4-16-7-10/h8,10,13H,2-7H2,1H3. The number of hydrogen-bond donors (Lipinski definition) is 1. The van der Waals surface area contributed by atoms with E-state index >= 15 is 0 Å². The van der Waals surface area contributed by atoms with Crippen LogP contribution in [0, 0.1) is 12.8 Å². The monoisotopic (exact) mass is 290 g/mol. The van der Waals surface area contributed by atoms with Crippen LogP contribution in [0.2, 0.25) is 0 Å². The van der Waals surface area contributed by atoms with Crippen LogP contribution in [0.5, 0.6) is 0 Å². The summed E-state index contributed by atoms with van der Waals surface area (Å²) in [7, 11) is -3.19. The Balaban J connectivity index is 1.78. The lowest BCUT2D eigenvalue weighted by atomic mass is 10.1. The van der Waals surface area contributed by atoms with Gasteiger partial charge in [0.05, 0.1) is 23.6 Å². The molecule has 7 heteroatoms. The largest absolute Gasteiger partial charge is 0.381 e. The number of aryl methyl sites for hydroxylation is 2. The molecule has 1 fully saturated rings. The van der Waals surface area contributed by atoms with Crippen LogP contribution in [0.4, 0.5) is 0 Å². The predicted octanol–water partition coefficient (Wildman–Crippen LogP) is 0.950. The molecule has 1 aromatic heterocycles. The Morgan fingerprint density at radius 1 is 1.61 bits per heavy atom. The van der Waals surface area contributed by atoms with Crippen LogP contribution in [0.25, 0.3) is 0 Å². The van der Waals surface area contributed by atoms with Crippen LogP contribution in [0.1, 0.15) is 17.0 Å². The molecular weight excluding hydrogens is 272 g/mol. The predicted molar refractivity (Wildman–Crippen MR) is 71.3 cm³/mol. The fourth-order valence-electron chi connectivity index (χ4n) is 1.85. The molecule has 0 amide bonds. The van der Waals surface area contributed by atoms with Crippen molar-refractivity contribution in [2.24, 2.45) is 5.92 Å². The van der Waals surface area contributed by atoms with Crippen molar-refractivity contribution in [1.82, 2.24) is 9.71 Å². The van der Waals surface area contributed by atoms with Crippen molar-refractivity contribution in [3.63, 3.8) is 0 Å².